The summed E-state index contributed by atoms with van der Waals surface area (Å²) in [5, 5.41) is 3.30. The van der Waals surface area contributed by atoms with Gasteiger partial charge in [0.2, 0.25) is 0 Å². The maximum absolute atomic E-state index is 5.31. The predicted molar refractivity (Wildman–Crippen MR) is 87.1 cm³/mol. The standard InChI is InChI=1S/C15H23NS2/c1-2-3-4-5-9-12-18-15(17)16-13-14-10-7-6-8-11-14/h6-8,10-11H,2-5,9,12-13H2,1H3,(H,16,17). The van der Waals surface area contributed by atoms with Crippen molar-refractivity contribution in [3.8, 4) is 0 Å². The van der Waals surface area contributed by atoms with Crippen molar-refractivity contribution in [1.29, 1.82) is 0 Å². The van der Waals surface area contributed by atoms with E-state index >= 15 is 0 Å². The number of thiocarbonyl (C=S) groups is 1. The summed E-state index contributed by atoms with van der Waals surface area (Å²) in [5.74, 6) is 1.14. The molecule has 0 saturated heterocycles. The third-order valence-corrected chi connectivity index (χ3v) is 4.16. The largest absolute Gasteiger partial charge is 0.367 e. The number of thioether (sulfide) groups is 1. The van der Waals surface area contributed by atoms with Crippen molar-refractivity contribution < 1.29 is 0 Å². The highest BCUT2D eigenvalue weighted by Gasteiger charge is 1.97. The van der Waals surface area contributed by atoms with Crippen LogP contribution in [0.4, 0.5) is 0 Å². The highest BCUT2D eigenvalue weighted by molar-refractivity contribution is 8.22. The average Bonchev–Trinajstić information content (AvgIpc) is 2.41. The maximum Gasteiger partial charge on any atom is 0.134 e. The van der Waals surface area contributed by atoms with Crippen molar-refractivity contribution in [1.82, 2.24) is 5.32 Å². The molecule has 18 heavy (non-hydrogen) atoms. The second kappa shape index (κ2) is 10.4. The van der Waals surface area contributed by atoms with Gasteiger partial charge in [-0.15, -0.1) is 0 Å². The Morgan fingerprint density at radius 3 is 2.56 bits per heavy atom. The SMILES string of the molecule is CCCCCCCSC(=S)NCc1ccccc1. The lowest BCUT2D eigenvalue weighted by Crippen LogP contribution is -2.17. The van der Waals surface area contributed by atoms with E-state index < -0.39 is 0 Å². The molecule has 0 radical (unpaired) electrons. The number of rotatable bonds is 8. The Bertz CT molecular complexity index is 325. The fourth-order valence-corrected chi connectivity index (χ4v) is 2.72. The van der Waals surface area contributed by atoms with Gasteiger partial charge in [-0.25, -0.2) is 0 Å². The van der Waals surface area contributed by atoms with Gasteiger partial charge in [-0.1, -0.05) is 86.9 Å². The molecule has 0 heterocycles. The van der Waals surface area contributed by atoms with Gasteiger partial charge in [-0.3, -0.25) is 0 Å². The zero-order valence-corrected chi connectivity index (χ0v) is 12.8. The molecular formula is C15H23NS2. The summed E-state index contributed by atoms with van der Waals surface area (Å²) in [5.41, 5.74) is 1.28. The fourth-order valence-electron chi connectivity index (χ4n) is 1.69. The van der Waals surface area contributed by atoms with Crippen molar-refractivity contribution >= 4 is 28.3 Å². The Labute approximate surface area is 121 Å². The van der Waals surface area contributed by atoms with Crippen LogP contribution in [0.1, 0.15) is 44.6 Å². The quantitative estimate of drug-likeness (QED) is 0.545. The molecule has 0 saturated carbocycles. The van der Waals surface area contributed by atoms with Gasteiger partial charge in [0.15, 0.2) is 0 Å². The average molecular weight is 281 g/mol. The first-order valence-corrected chi connectivity index (χ1v) is 8.17. The molecule has 1 N–H and O–H groups in total. The summed E-state index contributed by atoms with van der Waals surface area (Å²) < 4.78 is 0.925. The Hall–Kier alpha value is -0.540. The molecule has 1 nitrogen and oxygen atoms in total. The monoisotopic (exact) mass is 281 g/mol. The molecule has 0 aliphatic rings. The molecule has 1 aromatic rings. The Morgan fingerprint density at radius 2 is 1.83 bits per heavy atom. The molecule has 0 unspecified atom stereocenters. The lowest BCUT2D eigenvalue weighted by atomic mass is 10.2. The van der Waals surface area contributed by atoms with E-state index in [1.165, 1.54) is 37.7 Å². The highest BCUT2D eigenvalue weighted by Crippen LogP contribution is 2.10. The molecule has 0 fully saturated rings. The molecule has 3 heteroatoms. The van der Waals surface area contributed by atoms with E-state index in [-0.39, 0.29) is 0 Å². The fraction of sp³-hybridized carbons (Fsp3) is 0.533. The molecule has 0 atom stereocenters. The van der Waals surface area contributed by atoms with Crippen molar-refractivity contribution in [3.63, 3.8) is 0 Å². The second-order valence-corrected chi connectivity index (χ2v) is 6.16. The summed E-state index contributed by atoms with van der Waals surface area (Å²) in [6, 6.07) is 10.4. The summed E-state index contributed by atoms with van der Waals surface area (Å²) in [4.78, 5) is 0. The van der Waals surface area contributed by atoms with Crippen molar-refractivity contribution in [2.75, 3.05) is 5.75 Å². The topological polar surface area (TPSA) is 12.0 Å². The molecule has 1 rings (SSSR count). The van der Waals surface area contributed by atoms with Gasteiger partial charge in [0.05, 0.1) is 0 Å². The first kappa shape index (κ1) is 15.5. The summed E-state index contributed by atoms with van der Waals surface area (Å²) >= 11 is 7.08. The minimum Gasteiger partial charge on any atom is -0.367 e. The predicted octanol–water partition coefficient (Wildman–Crippen LogP) is 4.76. The van der Waals surface area contributed by atoms with E-state index in [1.54, 1.807) is 11.8 Å². The van der Waals surface area contributed by atoms with Crippen LogP contribution in [0.3, 0.4) is 0 Å². The highest BCUT2D eigenvalue weighted by atomic mass is 32.2. The number of nitrogens with one attached hydrogen (secondary N) is 1. The third kappa shape index (κ3) is 7.72. The van der Waals surface area contributed by atoms with Gasteiger partial charge in [-0.05, 0) is 12.0 Å². The van der Waals surface area contributed by atoms with Crippen molar-refractivity contribution in [2.24, 2.45) is 0 Å². The van der Waals surface area contributed by atoms with Gasteiger partial charge in [0.25, 0.3) is 0 Å². The van der Waals surface area contributed by atoms with Crippen LogP contribution in [0.5, 0.6) is 0 Å². The first-order valence-electron chi connectivity index (χ1n) is 6.77. The number of unbranched alkanes of at least 4 members (excludes halogenated alkanes) is 4. The smallest absolute Gasteiger partial charge is 0.134 e. The van der Waals surface area contributed by atoms with E-state index in [2.05, 4.69) is 36.5 Å². The van der Waals surface area contributed by atoms with Crippen LogP contribution in [0.15, 0.2) is 30.3 Å². The molecule has 0 aliphatic carbocycles. The van der Waals surface area contributed by atoms with Gasteiger partial charge < -0.3 is 5.32 Å². The molecule has 1 aromatic carbocycles. The van der Waals surface area contributed by atoms with Crippen LogP contribution in [0.25, 0.3) is 0 Å². The van der Waals surface area contributed by atoms with Crippen LogP contribution in [0.2, 0.25) is 0 Å². The number of hydrogen-bond acceptors (Lipinski definition) is 2. The normalized spacial score (nSPS) is 10.3. The summed E-state index contributed by atoms with van der Waals surface area (Å²) in [6.45, 7) is 3.08. The van der Waals surface area contributed by atoms with Gasteiger partial charge in [0.1, 0.15) is 4.32 Å². The van der Waals surface area contributed by atoms with E-state index in [0.29, 0.717) is 0 Å². The molecule has 0 aromatic heterocycles. The summed E-state index contributed by atoms with van der Waals surface area (Å²) in [6.07, 6.45) is 6.65. The van der Waals surface area contributed by atoms with Crippen LogP contribution in [-0.4, -0.2) is 10.1 Å². The van der Waals surface area contributed by atoms with E-state index in [4.69, 9.17) is 12.2 Å². The molecule has 100 valence electrons. The number of hydrogen-bond donors (Lipinski definition) is 1. The summed E-state index contributed by atoms with van der Waals surface area (Å²) in [7, 11) is 0. The van der Waals surface area contributed by atoms with Crippen LogP contribution in [-0.2, 0) is 6.54 Å². The van der Waals surface area contributed by atoms with E-state index in [0.717, 1.165) is 16.6 Å². The van der Waals surface area contributed by atoms with Crippen molar-refractivity contribution in [3.05, 3.63) is 35.9 Å². The van der Waals surface area contributed by atoms with E-state index in [1.807, 2.05) is 6.07 Å². The van der Waals surface area contributed by atoms with Crippen molar-refractivity contribution in [2.45, 2.75) is 45.6 Å². The van der Waals surface area contributed by atoms with Gasteiger partial charge >= 0.3 is 0 Å². The Kier molecular flexibility index (Phi) is 8.96. The third-order valence-electron chi connectivity index (χ3n) is 2.76. The van der Waals surface area contributed by atoms with Crippen LogP contribution < -0.4 is 5.32 Å². The first-order chi connectivity index (χ1) is 8.83. The zero-order chi connectivity index (χ0) is 13.1. The zero-order valence-electron chi connectivity index (χ0n) is 11.2. The minimum atomic E-state index is 0.836. The Morgan fingerprint density at radius 1 is 1.11 bits per heavy atom. The van der Waals surface area contributed by atoms with Crippen LogP contribution >= 0.6 is 24.0 Å². The lowest BCUT2D eigenvalue weighted by molar-refractivity contribution is 0.659. The maximum atomic E-state index is 5.31. The Balaban J connectivity index is 2.01. The minimum absolute atomic E-state index is 0.836. The molecule has 0 aliphatic heterocycles. The molecule has 0 spiro atoms. The number of benzene rings is 1. The van der Waals surface area contributed by atoms with Gasteiger partial charge in [-0.2, -0.15) is 0 Å². The molecular weight excluding hydrogens is 258 g/mol. The van der Waals surface area contributed by atoms with Crippen LogP contribution in [0, 0.1) is 0 Å². The lowest BCUT2D eigenvalue weighted by Gasteiger charge is -2.07. The van der Waals surface area contributed by atoms with E-state index in [9.17, 15) is 0 Å². The molecule has 0 bridgehead atoms. The second-order valence-electron chi connectivity index (χ2n) is 4.39. The molecule has 0 amide bonds. The van der Waals surface area contributed by atoms with Gasteiger partial charge in [0, 0.05) is 12.3 Å².